The summed E-state index contributed by atoms with van der Waals surface area (Å²) in [6, 6.07) is 5.47. The third-order valence-corrected chi connectivity index (χ3v) is 7.02. The number of carboxylic acid groups (broad SMARTS) is 1. The minimum atomic E-state index is -0.860. The number of carbonyl (C=O) groups is 2. The molecule has 39 heavy (non-hydrogen) atoms. The molecule has 0 saturated carbocycles. The van der Waals surface area contributed by atoms with Crippen LogP contribution < -0.4 is 9.47 Å². The summed E-state index contributed by atoms with van der Waals surface area (Å²) in [4.78, 5) is 24.4. The Labute approximate surface area is 236 Å². The molecule has 2 N–H and O–H groups in total. The SMILES string of the molecule is CCCCCCCCC(O)C(C)CCCC=COc1ccc(OCCCCC(=O)N(C)C)cc1CCC(=O)O. The minimum Gasteiger partial charge on any atom is -0.494 e. The summed E-state index contributed by atoms with van der Waals surface area (Å²) in [5.41, 5.74) is 0.786. The van der Waals surface area contributed by atoms with Crippen LogP contribution in [0, 0.1) is 5.92 Å². The number of carboxylic acids is 1. The van der Waals surface area contributed by atoms with Gasteiger partial charge in [0, 0.05) is 26.9 Å². The standard InChI is InChI=1S/C32H53NO6/c1-5-6-7-8-9-12-17-29(34)26(2)16-11-10-14-24-39-30-21-20-28(25-27(30)19-22-32(36)37)38-23-15-13-18-31(35)33(3)4/h14,20-21,24-26,29,34H,5-13,15-19,22-23H2,1-4H3,(H,36,37). The van der Waals surface area contributed by atoms with Crippen molar-refractivity contribution in [1.82, 2.24) is 4.90 Å². The van der Waals surface area contributed by atoms with Gasteiger partial charge in [0.15, 0.2) is 0 Å². The molecule has 7 heteroatoms. The molecule has 2 atom stereocenters. The first-order valence-electron chi connectivity index (χ1n) is 14.9. The molecule has 0 saturated heterocycles. The normalized spacial score (nSPS) is 12.8. The van der Waals surface area contributed by atoms with Crippen molar-refractivity contribution in [2.75, 3.05) is 20.7 Å². The summed E-state index contributed by atoms with van der Waals surface area (Å²) >= 11 is 0. The summed E-state index contributed by atoms with van der Waals surface area (Å²) in [5.74, 6) is 0.828. The Morgan fingerprint density at radius 3 is 2.44 bits per heavy atom. The van der Waals surface area contributed by atoms with Crippen molar-refractivity contribution in [3.63, 3.8) is 0 Å². The third-order valence-electron chi connectivity index (χ3n) is 7.02. The number of carbonyl (C=O) groups excluding carboxylic acids is 1. The summed E-state index contributed by atoms with van der Waals surface area (Å²) in [5, 5.41) is 19.6. The number of nitrogens with zero attached hydrogens (tertiary/aromatic N) is 1. The molecule has 1 amide bonds. The topological polar surface area (TPSA) is 96.3 Å². The summed E-state index contributed by atoms with van der Waals surface area (Å²) < 4.78 is 11.7. The van der Waals surface area contributed by atoms with Crippen LogP contribution in [0.3, 0.4) is 0 Å². The predicted molar refractivity (Wildman–Crippen MR) is 157 cm³/mol. The van der Waals surface area contributed by atoms with Gasteiger partial charge in [-0.05, 0) is 80.7 Å². The van der Waals surface area contributed by atoms with Crippen molar-refractivity contribution in [3.05, 3.63) is 36.1 Å². The molecule has 0 fully saturated rings. The van der Waals surface area contributed by atoms with E-state index in [4.69, 9.17) is 14.6 Å². The number of aliphatic carboxylic acids is 1. The Hall–Kier alpha value is -2.54. The van der Waals surface area contributed by atoms with Gasteiger partial charge in [0.2, 0.25) is 5.91 Å². The van der Waals surface area contributed by atoms with Gasteiger partial charge in [0.05, 0.1) is 19.0 Å². The van der Waals surface area contributed by atoms with Gasteiger partial charge in [-0.3, -0.25) is 9.59 Å². The van der Waals surface area contributed by atoms with E-state index in [1.165, 1.54) is 32.1 Å². The zero-order valence-electron chi connectivity index (χ0n) is 24.8. The molecule has 1 rings (SSSR count). The van der Waals surface area contributed by atoms with E-state index in [0.29, 0.717) is 36.9 Å². The first kappa shape index (κ1) is 34.5. The van der Waals surface area contributed by atoms with E-state index >= 15 is 0 Å². The van der Waals surface area contributed by atoms with Gasteiger partial charge in [-0.2, -0.15) is 0 Å². The highest BCUT2D eigenvalue weighted by Crippen LogP contribution is 2.26. The number of ether oxygens (including phenoxy) is 2. The lowest BCUT2D eigenvalue weighted by Crippen LogP contribution is -2.21. The fraction of sp³-hybridized carbons (Fsp3) is 0.688. The minimum absolute atomic E-state index is 0.00906. The molecular formula is C32H53NO6. The van der Waals surface area contributed by atoms with Gasteiger partial charge >= 0.3 is 5.97 Å². The number of aryl methyl sites for hydroxylation is 1. The number of unbranched alkanes of at least 4 members (excludes halogenated alkanes) is 7. The lowest BCUT2D eigenvalue weighted by molar-refractivity contribution is -0.137. The highest BCUT2D eigenvalue weighted by molar-refractivity contribution is 5.75. The molecular weight excluding hydrogens is 494 g/mol. The third kappa shape index (κ3) is 16.9. The smallest absolute Gasteiger partial charge is 0.303 e. The Bertz CT molecular complexity index is 838. The Morgan fingerprint density at radius 2 is 1.72 bits per heavy atom. The quantitative estimate of drug-likeness (QED) is 0.112. The molecule has 0 aliphatic heterocycles. The van der Waals surface area contributed by atoms with E-state index in [2.05, 4.69) is 13.8 Å². The molecule has 0 spiro atoms. The largest absolute Gasteiger partial charge is 0.494 e. The average Bonchev–Trinajstić information content (AvgIpc) is 2.91. The highest BCUT2D eigenvalue weighted by atomic mass is 16.5. The van der Waals surface area contributed by atoms with E-state index in [0.717, 1.165) is 50.5 Å². The Morgan fingerprint density at radius 1 is 0.974 bits per heavy atom. The lowest BCUT2D eigenvalue weighted by atomic mass is 9.94. The van der Waals surface area contributed by atoms with Gasteiger partial charge in [-0.1, -0.05) is 52.4 Å². The Balaban J connectivity index is 2.43. The van der Waals surface area contributed by atoms with Crippen LogP contribution in [0.1, 0.15) is 109 Å². The molecule has 1 aromatic carbocycles. The van der Waals surface area contributed by atoms with E-state index in [-0.39, 0.29) is 18.4 Å². The molecule has 0 aromatic heterocycles. The van der Waals surface area contributed by atoms with Crippen LogP contribution in [-0.4, -0.2) is 53.8 Å². The predicted octanol–water partition coefficient (Wildman–Crippen LogP) is 7.15. The molecule has 0 aliphatic carbocycles. The number of rotatable bonds is 23. The maximum Gasteiger partial charge on any atom is 0.303 e. The summed E-state index contributed by atoms with van der Waals surface area (Å²) in [6.45, 7) is 4.84. The molecule has 0 radical (unpaired) electrons. The van der Waals surface area contributed by atoms with Crippen molar-refractivity contribution >= 4 is 11.9 Å². The van der Waals surface area contributed by atoms with Crippen molar-refractivity contribution in [3.8, 4) is 11.5 Å². The number of allylic oxidation sites excluding steroid dienone is 1. The van der Waals surface area contributed by atoms with Crippen molar-refractivity contribution in [2.45, 2.75) is 116 Å². The number of aliphatic hydroxyl groups excluding tert-OH is 1. The van der Waals surface area contributed by atoms with Gasteiger partial charge in [-0.25, -0.2) is 0 Å². The monoisotopic (exact) mass is 547 g/mol. The zero-order valence-corrected chi connectivity index (χ0v) is 24.8. The molecule has 7 nitrogen and oxygen atoms in total. The van der Waals surface area contributed by atoms with Crippen molar-refractivity contribution in [1.29, 1.82) is 0 Å². The van der Waals surface area contributed by atoms with Crippen LogP contribution in [0.15, 0.2) is 30.5 Å². The Kier molecular flexibility index (Phi) is 18.8. The fourth-order valence-corrected chi connectivity index (χ4v) is 4.35. The van der Waals surface area contributed by atoms with E-state index in [1.54, 1.807) is 25.3 Å². The van der Waals surface area contributed by atoms with E-state index in [1.807, 2.05) is 24.3 Å². The van der Waals surface area contributed by atoms with Crippen LogP contribution in [-0.2, 0) is 16.0 Å². The van der Waals surface area contributed by atoms with Crippen LogP contribution in [0.2, 0.25) is 0 Å². The maximum atomic E-state index is 11.7. The number of amides is 1. The summed E-state index contributed by atoms with van der Waals surface area (Å²) in [6.07, 6.45) is 17.0. The molecule has 222 valence electrons. The first-order chi connectivity index (χ1) is 18.7. The highest BCUT2D eigenvalue weighted by Gasteiger charge is 2.13. The van der Waals surface area contributed by atoms with Gasteiger partial charge in [-0.15, -0.1) is 0 Å². The van der Waals surface area contributed by atoms with Gasteiger partial charge in [0.1, 0.15) is 11.5 Å². The van der Waals surface area contributed by atoms with Crippen LogP contribution in [0.25, 0.3) is 0 Å². The van der Waals surface area contributed by atoms with E-state index in [9.17, 15) is 14.7 Å². The zero-order chi connectivity index (χ0) is 28.9. The second-order valence-electron chi connectivity index (χ2n) is 10.8. The molecule has 0 aliphatic rings. The van der Waals surface area contributed by atoms with Crippen molar-refractivity contribution < 1.29 is 29.3 Å². The first-order valence-corrected chi connectivity index (χ1v) is 14.9. The number of aliphatic hydroxyl groups is 1. The number of benzene rings is 1. The number of hydrogen-bond donors (Lipinski definition) is 2. The summed E-state index contributed by atoms with van der Waals surface area (Å²) in [7, 11) is 3.50. The number of hydrogen-bond acceptors (Lipinski definition) is 5. The lowest BCUT2D eigenvalue weighted by Gasteiger charge is -2.18. The molecule has 0 heterocycles. The second-order valence-corrected chi connectivity index (χ2v) is 10.8. The molecule has 1 aromatic rings. The van der Waals surface area contributed by atoms with Crippen molar-refractivity contribution in [2.24, 2.45) is 5.92 Å². The van der Waals surface area contributed by atoms with Crippen LogP contribution in [0.4, 0.5) is 0 Å². The molecule has 0 bridgehead atoms. The van der Waals surface area contributed by atoms with Gasteiger partial charge in [0.25, 0.3) is 0 Å². The molecule has 2 unspecified atom stereocenters. The van der Waals surface area contributed by atoms with Gasteiger partial charge < -0.3 is 24.6 Å². The van der Waals surface area contributed by atoms with Crippen LogP contribution >= 0.6 is 0 Å². The second kappa shape index (κ2) is 21.3. The average molecular weight is 548 g/mol. The van der Waals surface area contributed by atoms with Crippen LogP contribution in [0.5, 0.6) is 11.5 Å². The van der Waals surface area contributed by atoms with E-state index < -0.39 is 5.97 Å². The maximum absolute atomic E-state index is 11.7. The fourth-order valence-electron chi connectivity index (χ4n) is 4.35.